The third-order valence-electron chi connectivity index (χ3n) is 3.34. The minimum Gasteiger partial charge on any atom is -0.483 e. The molecule has 1 heterocycles. The molecule has 27 heavy (non-hydrogen) atoms. The minimum atomic E-state index is -3.87. The van der Waals surface area contributed by atoms with E-state index in [9.17, 15) is 8.42 Å². The van der Waals surface area contributed by atoms with Crippen LogP contribution in [0.25, 0.3) is 0 Å². The van der Waals surface area contributed by atoms with E-state index in [4.69, 9.17) is 39.5 Å². The van der Waals surface area contributed by atoms with Gasteiger partial charge in [0.15, 0.2) is 5.01 Å². The maximum atomic E-state index is 12.4. The average Bonchev–Trinajstić information content (AvgIpc) is 3.07. The standard InChI is InChI=1S/C16H12Cl3N3O3S2/c1-9(25-11-4-2-10(17)3-5-11)15-20-21-16(26-15)22-27(23,24)12-6-7-13(18)14(19)8-12/h2-9H,1H3,(H,21,22). The third kappa shape index (κ3) is 5.03. The number of sulfonamides is 1. The van der Waals surface area contributed by atoms with Crippen molar-refractivity contribution in [3.8, 4) is 5.75 Å². The van der Waals surface area contributed by atoms with Crippen molar-refractivity contribution >= 4 is 61.3 Å². The molecule has 3 rings (SSSR count). The second-order valence-electron chi connectivity index (χ2n) is 5.34. The molecular weight excluding hydrogens is 453 g/mol. The van der Waals surface area contributed by atoms with Gasteiger partial charge in [-0.1, -0.05) is 46.1 Å². The van der Waals surface area contributed by atoms with Gasteiger partial charge in [-0.2, -0.15) is 0 Å². The first kappa shape index (κ1) is 20.2. The van der Waals surface area contributed by atoms with E-state index >= 15 is 0 Å². The van der Waals surface area contributed by atoms with Crippen molar-refractivity contribution in [3.63, 3.8) is 0 Å². The van der Waals surface area contributed by atoms with Crippen molar-refractivity contribution in [1.29, 1.82) is 0 Å². The molecule has 0 fully saturated rings. The van der Waals surface area contributed by atoms with Gasteiger partial charge in [0.05, 0.1) is 14.9 Å². The highest BCUT2D eigenvalue weighted by Crippen LogP contribution is 2.29. The van der Waals surface area contributed by atoms with Crippen LogP contribution in [0.2, 0.25) is 15.1 Å². The molecule has 0 aliphatic heterocycles. The number of nitrogens with one attached hydrogen (secondary N) is 1. The summed E-state index contributed by atoms with van der Waals surface area (Å²) in [6.45, 7) is 1.78. The lowest BCUT2D eigenvalue weighted by molar-refractivity contribution is 0.225. The molecule has 0 aliphatic rings. The fourth-order valence-corrected chi connectivity index (χ4v) is 4.49. The lowest BCUT2D eigenvalue weighted by atomic mass is 10.3. The molecule has 0 amide bonds. The molecule has 142 valence electrons. The van der Waals surface area contributed by atoms with Crippen molar-refractivity contribution in [1.82, 2.24) is 10.2 Å². The maximum Gasteiger partial charge on any atom is 0.263 e. The van der Waals surface area contributed by atoms with Crippen molar-refractivity contribution in [2.24, 2.45) is 0 Å². The summed E-state index contributed by atoms with van der Waals surface area (Å²) in [7, 11) is -3.87. The van der Waals surface area contributed by atoms with Gasteiger partial charge >= 0.3 is 0 Å². The van der Waals surface area contributed by atoms with Crippen LogP contribution in [0.1, 0.15) is 18.0 Å². The van der Waals surface area contributed by atoms with E-state index in [-0.39, 0.29) is 20.1 Å². The molecule has 1 N–H and O–H groups in total. The number of hydrogen-bond donors (Lipinski definition) is 1. The van der Waals surface area contributed by atoms with Crippen LogP contribution in [0.15, 0.2) is 47.4 Å². The van der Waals surface area contributed by atoms with Crippen LogP contribution in [-0.4, -0.2) is 18.6 Å². The van der Waals surface area contributed by atoms with Crippen LogP contribution in [0.4, 0.5) is 5.13 Å². The monoisotopic (exact) mass is 463 g/mol. The highest BCUT2D eigenvalue weighted by molar-refractivity contribution is 7.93. The van der Waals surface area contributed by atoms with E-state index in [1.54, 1.807) is 31.2 Å². The Bertz CT molecular complexity index is 1060. The maximum absolute atomic E-state index is 12.4. The highest BCUT2D eigenvalue weighted by Gasteiger charge is 2.20. The molecule has 1 aromatic heterocycles. The number of anilines is 1. The zero-order valence-corrected chi connectivity index (χ0v) is 17.6. The molecule has 2 aromatic carbocycles. The predicted octanol–water partition coefficient (Wildman–Crippen LogP) is 5.44. The van der Waals surface area contributed by atoms with Crippen molar-refractivity contribution in [2.45, 2.75) is 17.9 Å². The number of aromatic nitrogens is 2. The molecule has 0 saturated heterocycles. The third-order valence-corrected chi connectivity index (χ3v) is 6.79. The summed E-state index contributed by atoms with van der Waals surface area (Å²) in [4.78, 5) is -0.0286. The Hall–Kier alpha value is -1.58. The lowest BCUT2D eigenvalue weighted by Crippen LogP contribution is -2.12. The Morgan fingerprint density at radius 2 is 1.74 bits per heavy atom. The van der Waals surface area contributed by atoms with E-state index in [1.165, 1.54) is 18.2 Å². The summed E-state index contributed by atoms with van der Waals surface area (Å²) in [5, 5.41) is 9.48. The number of halogens is 3. The summed E-state index contributed by atoms with van der Waals surface area (Å²) in [6.07, 6.45) is -0.424. The molecule has 0 radical (unpaired) electrons. The first-order chi connectivity index (χ1) is 12.7. The first-order valence-corrected chi connectivity index (χ1v) is 10.9. The van der Waals surface area contributed by atoms with Gasteiger partial charge in [-0.25, -0.2) is 8.42 Å². The van der Waals surface area contributed by atoms with Gasteiger partial charge in [0.2, 0.25) is 5.13 Å². The largest absolute Gasteiger partial charge is 0.483 e. The van der Waals surface area contributed by atoms with Crippen LogP contribution < -0.4 is 9.46 Å². The Morgan fingerprint density at radius 1 is 1.04 bits per heavy atom. The second-order valence-corrected chi connectivity index (χ2v) is 9.28. The zero-order chi connectivity index (χ0) is 19.6. The van der Waals surface area contributed by atoms with Gasteiger partial charge in [0.1, 0.15) is 11.9 Å². The van der Waals surface area contributed by atoms with Gasteiger partial charge in [-0.3, -0.25) is 4.72 Å². The SMILES string of the molecule is CC(Oc1ccc(Cl)cc1)c1nnc(NS(=O)(=O)c2ccc(Cl)c(Cl)c2)s1. The molecule has 3 aromatic rings. The van der Waals surface area contributed by atoms with Gasteiger partial charge < -0.3 is 4.74 Å². The molecule has 11 heteroatoms. The number of benzene rings is 2. The van der Waals surface area contributed by atoms with Crippen molar-refractivity contribution in [3.05, 3.63) is 62.5 Å². The summed E-state index contributed by atoms with van der Waals surface area (Å²) in [5.41, 5.74) is 0. The Balaban J connectivity index is 1.73. The van der Waals surface area contributed by atoms with Gasteiger partial charge in [0.25, 0.3) is 10.0 Å². The summed E-state index contributed by atoms with van der Waals surface area (Å²) in [5.74, 6) is 0.611. The topological polar surface area (TPSA) is 81.2 Å². The summed E-state index contributed by atoms with van der Waals surface area (Å²) < 4.78 is 33.0. The second kappa shape index (κ2) is 8.20. The fraction of sp³-hybridized carbons (Fsp3) is 0.125. The number of hydrogen-bond acceptors (Lipinski definition) is 6. The van der Waals surface area contributed by atoms with Crippen LogP contribution in [0.3, 0.4) is 0 Å². The first-order valence-electron chi connectivity index (χ1n) is 7.48. The van der Waals surface area contributed by atoms with Crippen LogP contribution in [0.5, 0.6) is 5.75 Å². The minimum absolute atomic E-state index is 0.0286. The molecular formula is C16H12Cl3N3O3S2. The molecule has 1 atom stereocenters. The van der Waals surface area contributed by atoms with Crippen molar-refractivity contribution < 1.29 is 13.2 Å². The average molecular weight is 465 g/mol. The fourth-order valence-electron chi connectivity index (χ4n) is 2.03. The van der Waals surface area contributed by atoms with Gasteiger partial charge in [-0.05, 0) is 49.4 Å². The lowest BCUT2D eigenvalue weighted by Gasteiger charge is -2.11. The van der Waals surface area contributed by atoms with Crippen LogP contribution in [0, 0.1) is 0 Å². The number of nitrogens with zero attached hydrogens (tertiary/aromatic N) is 2. The molecule has 0 saturated carbocycles. The Labute approximate surface area is 175 Å². The Kier molecular flexibility index (Phi) is 6.12. The van der Waals surface area contributed by atoms with Crippen LogP contribution >= 0.6 is 46.1 Å². The van der Waals surface area contributed by atoms with E-state index < -0.39 is 16.1 Å². The molecule has 0 aliphatic carbocycles. The van der Waals surface area contributed by atoms with Gasteiger partial charge in [-0.15, -0.1) is 10.2 Å². The highest BCUT2D eigenvalue weighted by atomic mass is 35.5. The molecule has 1 unspecified atom stereocenters. The number of rotatable bonds is 6. The molecule has 6 nitrogen and oxygen atoms in total. The summed E-state index contributed by atoms with van der Waals surface area (Å²) >= 11 is 18.6. The van der Waals surface area contributed by atoms with Crippen molar-refractivity contribution in [2.75, 3.05) is 4.72 Å². The van der Waals surface area contributed by atoms with E-state index in [1.807, 2.05) is 0 Å². The van der Waals surface area contributed by atoms with E-state index in [0.717, 1.165) is 11.3 Å². The van der Waals surface area contributed by atoms with Gasteiger partial charge in [0, 0.05) is 5.02 Å². The molecule has 0 bridgehead atoms. The molecule has 0 spiro atoms. The quantitative estimate of drug-likeness (QED) is 0.525. The predicted molar refractivity (Wildman–Crippen MR) is 108 cm³/mol. The van der Waals surface area contributed by atoms with E-state index in [2.05, 4.69) is 14.9 Å². The smallest absolute Gasteiger partial charge is 0.263 e. The zero-order valence-electron chi connectivity index (χ0n) is 13.7. The van der Waals surface area contributed by atoms with Crippen LogP contribution in [-0.2, 0) is 10.0 Å². The Morgan fingerprint density at radius 3 is 2.41 bits per heavy atom. The summed E-state index contributed by atoms with van der Waals surface area (Å²) in [6, 6.07) is 10.9. The number of ether oxygens (including phenoxy) is 1. The van der Waals surface area contributed by atoms with E-state index in [0.29, 0.717) is 15.8 Å². The normalized spacial score (nSPS) is 12.6.